The minimum atomic E-state index is -0.949. The van der Waals surface area contributed by atoms with Crippen molar-refractivity contribution in [3.63, 3.8) is 0 Å². The number of aromatic amines is 1. The van der Waals surface area contributed by atoms with Gasteiger partial charge in [-0.3, -0.25) is 0 Å². The first-order chi connectivity index (χ1) is 8.73. The first kappa shape index (κ1) is 14.6. The topological polar surface area (TPSA) is 28.7 Å². The molecule has 2 nitrogen and oxygen atoms in total. The van der Waals surface area contributed by atoms with Crippen LogP contribution in [0.4, 0.5) is 0 Å². The number of fused-ring (bicyclic) bond motifs is 1. The molecule has 1 heterocycles. The van der Waals surface area contributed by atoms with Gasteiger partial charge in [0.1, 0.15) is 0 Å². The van der Waals surface area contributed by atoms with Gasteiger partial charge in [-0.25, -0.2) is 0 Å². The van der Waals surface area contributed by atoms with Gasteiger partial charge in [0, 0.05) is 0 Å². The summed E-state index contributed by atoms with van der Waals surface area (Å²) in [4.78, 5) is 8.11. The van der Waals surface area contributed by atoms with Crippen LogP contribution in [0.5, 0.6) is 0 Å². The second-order valence-corrected chi connectivity index (χ2v) is 21.8. The van der Waals surface area contributed by atoms with Crippen LogP contribution in [0.25, 0.3) is 11.0 Å². The fraction of sp³-hybridized carbons (Fsp3) is 0.462. The van der Waals surface area contributed by atoms with Crippen molar-refractivity contribution in [2.75, 3.05) is 18.5 Å². The Kier molecular flexibility index (Phi) is 5.35. The molecule has 0 spiro atoms. The molecule has 105 valence electrons. The fourth-order valence-corrected chi connectivity index (χ4v) is 20.7. The number of imidazole rings is 1. The van der Waals surface area contributed by atoms with Gasteiger partial charge in [-0.2, -0.15) is 0 Å². The predicted molar refractivity (Wildman–Crippen MR) is 81.9 cm³/mol. The zero-order valence-electron chi connectivity index (χ0n) is 11.1. The molecule has 0 aliphatic rings. The molecular weight excluding hydrogens is 444 g/mol. The standard InChI is InChI=1S/C7H6N2S.C6H15P.Au/c10-7-8-5-3-1-2-4-6(5)9-7;1-4-7(5-2)6-3;/h1-4H,(H2,8,9,10);4-6H2,1-3H3;. The second kappa shape index (κ2) is 6.58. The predicted octanol–water partition coefficient (Wildman–Crippen LogP) is 4.38. The van der Waals surface area contributed by atoms with Crippen molar-refractivity contribution in [3.05, 3.63) is 24.3 Å². The molecule has 2 rings (SSSR count). The molecule has 0 radical (unpaired) electrons. The SMILES string of the molecule is CC[PH](CC)(CC)[Au][S]c1nc2ccccc2[nH]1. The van der Waals surface area contributed by atoms with Gasteiger partial charge in [0.05, 0.1) is 0 Å². The van der Waals surface area contributed by atoms with Crippen LogP contribution < -0.4 is 0 Å². The first-order valence-corrected chi connectivity index (χ1v) is 15.4. The van der Waals surface area contributed by atoms with Gasteiger partial charge in [-0.1, -0.05) is 0 Å². The maximum atomic E-state index is 4.67. The Balaban J connectivity index is 2.09. The number of nitrogens with zero attached hydrogens (tertiary/aromatic N) is 1. The Bertz CT molecular complexity index is 469. The molecule has 0 fully saturated rings. The van der Waals surface area contributed by atoms with E-state index >= 15 is 0 Å². The van der Waals surface area contributed by atoms with Crippen LogP contribution in [0, 0.1) is 0 Å². The van der Waals surface area contributed by atoms with E-state index in [-0.39, 0.29) is 0 Å². The number of hydrogen-bond acceptors (Lipinski definition) is 2. The zero-order valence-corrected chi connectivity index (χ0v) is 15.1. The van der Waals surface area contributed by atoms with E-state index in [0.29, 0.717) is 17.9 Å². The van der Waals surface area contributed by atoms with Crippen LogP contribution in [0.3, 0.4) is 0 Å². The summed E-state index contributed by atoms with van der Waals surface area (Å²) in [5.74, 6) is 0. The summed E-state index contributed by atoms with van der Waals surface area (Å²) in [5.41, 5.74) is 2.26. The molecule has 0 unspecified atom stereocenters. The monoisotopic (exact) mass is 465 g/mol. The van der Waals surface area contributed by atoms with Crippen molar-refractivity contribution >= 4 is 25.4 Å². The van der Waals surface area contributed by atoms with Crippen LogP contribution in [0.2, 0.25) is 0 Å². The summed E-state index contributed by atoms with van der Waals surface area (Å²) >= 11 is 0.342. The van der Waals surface area contributed by atoms with Gasteiger partial charge in [-0.15, -0.1) is 0 Å². The fourth-order valence-electron chi connectivity index (χ4n) is 1.93. The second-order valence-electron chi connectivity index (χ2n) is 4.31. The Morgan fingerprint density at radius 2 is 1.83 bits per heavy atom. The molecule has 1 N–H and O–H groups in total. The average molecular weight is 465 g/mol. The summed E-state index contributed by atoms with van der Waals surface area (Å²) in [7, 11) is 2.02. The Morgan fingerprint density at radius 3 is 2.44 bits per heavy atom. The van der Waals surface area contributed by atoms with Crippen molar-refractivity contribution in [1.82, 2.24) is 9.97 Å². The van der Waals surface area contributed by atoms with E-state index in [1.165, 1.54) is 24.0 Å². The third kappa shape index (κ3) is 3.20. The number of H-pyrrole nitrogens is 1. The van der Waals surface area contributed by atoms with Crippen molar-refractivity contribution < 1.29 is 17.9 Å². The molecule has 18 heavy (non-hydrogen) atoms. The molecule has 0 bridgehead atoms. The number of aromatic nitrogens is 2. The van der Waals surface area contributed by atoms with Crippen LogP contribution in [-0.2, 0) is 17.9 Å². The summed E-state index contributed by atoms with van der Waals surface area (Å²) in [5, 5.41) is 0.181. The van der Waals surface area contributed by atoms with Crippen LogP contribution in [0.15, 0.2) is 29.4 Å². The zero-order chi connectivity index (χ0) is 13.0. The van der Waals surface area contributed by atoms with Crippen LogP contribution >= 0.6 is 14.4 Å². The van der Waals surface area contributed by atoms with Gasteiger partial charge < -0.3 is 0 Å². The van der Waals surface area contributed by atoms with Crippen molar-refractivity contribution in [1.29, 1.82) is 0 Å². The normalized spacial score (nSPS) is 13.3. The molecule has 0 aliphatic carbocycles. The molecule has 2 aromatic rings. The number of benzene rings is 1. The summed E-state index contributed by atoms with van der Waals surface area (Å²) in [6.45, 7) is 7.15. The maximum absolute atomic E-state index is 4.67. The minimum absolute atomic E-state index is 0.342. The van der Waals surface area contributed by atoms with Crippen LogP contribution in [0.1, 0.15) is 20.8 Å². The molecule has 0 saturated carbocycles. The molecule has 0 saturated heterocycles. The third-order valence-corrected chi connectivity index (χ3v) is 27.2. The number of rotatable bonds is 6. The molecule has 0 amide bonds. The van der Waals surface area contributed by atoms with Gasteiger partial charge >= 0.3 is 122 Å². The van der Waals surface area contributed by atoms with Gasteiger partial charge in [0.25, 0.3) is 0 Å². The first-order valence-electron chi connectivity index (χ1n) is 6.43. The quantitative estimate of drug-likeness (QED) is 0.507. The third-order valence-electron chi connectivity index (χ3n) is 3.41. The van der Waals surface area contributed by atoms with Gasteiger partial charge in [0.15, 0.2) is 0 Å². The average Bonchev–Trinajstić information content (AvgIpc) is 2.84. The van der Waals surface area contributed by atoms with E-state index < -0.39 is 5.15 Å². The Labute approximate surface area is 121 Å². The Morgan fingerprint density at radius 1 is 1.17 bits per heavy atom. The van der Waals surface area contributed by atoms with E-state index in [9.17, 15) is 0 Å². The van der Waals surface area contributed by atoms with E-state index in [1.807, 2.05) is 9.23 Å². The van der Waals surface area contributed by atoms with Gasteiger partial charge in [-0.05, 0) is 0 Å². The van der Waals surface area contributed by atoms with Crippen molar-refractivity contribution in [2.24, 2.45) is 0 Å². The molecule has 1 aromatic heterocycles. The van der Waals surface area contributed by atoms with E-state index in [1.54, 1.807) is 0 Å². The number of hydrogen-bond donors (Lipinski definition) is 1. The summed E-state index contributed by atoms with van der Waals surface area (Å²) in [6.07, 6.45) is 4.28. The van der Waals surface area contributed by atoms with Crippen molar-refractivity contribution in [3.8, 4) is 0 Å². The molecule has 5 heteroatoms. The Hall–Kier alpha value is 0.210. The van der Waals surface area contributed by atoms with Crippen LogP contribution in [-0.4, -0.2) is 28.5 Å². The molecular formula is C13H21AuN2PS. The molecule has 1 aromatic carbocycles. The van der Waals surface area contributed by atoms with E-state index in [2.05, 4.69) is 55.0 Å². The summed E-state index contributed by atoms with van der Waals surface area (Å²) in [6, 6.07) is 8.30. The number of nitrogens with one attached hydrogen (secondary N) is 1. The van der Waals surface area contributed by atoms with E-state index in [4.69, 9.17) is 0 Å². The number of para-hydroxylation sites is 2. The van der Waals surface area contributed by atoms with Crippen molar-refractivity contribution in [2.45, 2.75) is 25.9 Å². The molecule has 0 atom stereocenters. The summed E-state index contributed by atoms with van der Waals surface area (Å²) < 4.78 is 0. The molecule has 0 aliphatic heterocycles. The van der Waals surface area contributed by atoms with Gasteiger partial charge in [0.2, 0.25) is 0 Å². The van der Waals surface area contributed by atoms with E-state index in [0.717, 1.165) is 10.7 Å².